The molecule has 2 amide bonds. The van der Waals surface area contributed by atoms with E-state index in [4.69, 9.17) is 0 Å². The first-order chi connectivity index (χ1) is 7.25. The Morgan fingerprint density at radius 2 is 2.07 bits per heavy atom. The number of rotatable bonds is 3. The lowest BCUT2D eigenvalue weighted by molar-refractivity contribution is 0.206. The van der Waals surface area contributed by atoms with Gasteiger partial charge in [-0.15, -0.1) is 0 Å². The zero-order chi connectivity index (χ0) is 10.7. The van der Waals surface area contributed by atoms with Crippen LogP contribution in [0.4, 0.5) is 4.79 Å². The van der Waals surface area contributed by atoms with Crippen molar-refractivity contribution in [3.8, 4) is 0 Å². The van der Waals surface area contributed by atoms with Crippen molar-refractivity contribution in [2.45, 2.75) is 25.4 Å². The molecule has 3 heteroatoms. The third-order valence-corrected chi connectivity index (χ3v) is 2.51. The summed E-state index contributed by atoms with van der Waals surface area (Å²) in [5.74, 6) is 0. The highest BCUT2D eigenvalue weighted by molar-refractivity contribution is 5.74. The number of urea groups is 1. The van der Waals surface area contributed by atoms with Crippen molar-refractivity contribution in [1.29, 1.82) is 0 Å². The van der Waals surface area contributed by atoms with E-state index in [1.807, 2.05) is 37.4 Å². The van der Waals surface area contributed by atoms with Crippen LogP contribution in [0.1, 0.15) is 18.4 Å². The van der Waals surface area contributed by atoms with Crippen molar-refractivity contribution < 1.29 is 4.79 Å². The van der Waals surface area contributed by atoms with Crippen LogP contribution in [-0.4, -0.2) is 24.0 Å². The van der Waals surface area contributed by atoms with Crippen LogP contribution in [0, 0.1) is 0 Å². The smallest absolute Gasteiger partial charge is 0.317 e. The van der Waals surface area contributed by atoms with Crippen LogP contribution in [0.3, 0.4) is 0 Å². The number of hydrogen-bond acceptors (Lipinski definition) is 1. The lowest BCUT2D eigenvalue weighted by Crippen LogP contribution is -2.37. The summed E-state index contributed by atoms with van der Waals surface area (Å²) >= 11 is 0. The van der Waals surface area contributed by atoms with E-state index in [0.717, 1.165) is 18.4 Å². The Hall–Kier alpha value is -1.51. The van der Waals surface area contributed by atoms with Gasteiger partial charge < -0.3 is 10.2 Å². The number of hydrogen-bond donors (Lipinski definition) is 1. The zero-order valence-electron chi connectivity index (χ0n) is 8.94. The molecule has 1 aliphatic rings. The summed E-state index contributed by atoms with van der Waals surface area (Å²) in [7, 11) is 1.82. The molecule has 1 fully saturated rings. The van der Waals surface area contributed by atoms with E-state index >= 15 is 0 Å². The quantitative estimate of drug-likeness (QED) is 0.802. The first-order valence-corrected chi connectivity index (χ1v) is 5.31. The fraction of sp³-hybridized carbons (Fsp3) is 0.417. The molecule has 15 heavy (non-hydrogen) atoms. The van der Waals surface area contributed by atoms with Gasteiger partial charge in [0.25, 0.3) is 0 Å². The standard InChI is InChI=1S/C12H16N2O/c1-14(12(15)13-11-7-8-11)9-10-5-3-2-4-6-10/h2-6,11H,7-9H2,1H3,(H,13,15). The van der Waals surface area contributed by atoms with Crippen LogP contribution >= 0.6 is 0 Å². The van der Waals surface area contributed by atoms with Crippen LogP contribution in [-0.2, 0) is 6.54 Å². The molecule has 3 nitrogen and oxygen atoms in total. The summed E-state index contributed by atoms with van der Waals surface area (Å²) in [4.78, 5) is 13.3. The molecular weight excluding hydrogens is 188 g/mol. The summed E-state index contributed by atoms with van der Waals surface area (Å²) in [5, 5.41) is 2.96. The molecule has 1 saturated carbocycles. The van der Waals surface area contributed by atoms with Crippen LogP contribution in [0.2, 0.25) is 0 Å². The lowest BCUT2D eigenvalue weighted by Gasteiger charge is -2.17. The second-order valence-electron chi connectivity index (χ2n) is 4.07. The van der Waals surface area contributed by atoms with E-state index in [0.29, 0.717) is 12.6 Å². The molecule has 1 aromatic rings. The topological polar surface area (TPSA) is 32.3 Å². The molecular formula is C12H16N2O. The molecule has 1 N–H and O–H groups in total. The Labute approximate surface area is 90.1 Å². The fourth-order valence-electron chi connectivity index (χ4n) is 1.44. The third kappa shape index (κ3) is 2.98. The molecule has 0 heterocycles. The summed E-state index contributed by atoms with van der Waals surface area (Å²) in [6.07, 6.45) is 2.26. The van der Waals surface area contributed by atoms with E-state index in [9.17, 15) is 4.79 Å². The normalized spacial score (nSPS) is 14.7. The molecule has 0 aliphatic heterocycles. The van der Waals surface area contributed by atoms with Crippen molar-refractivity contribution in [1.82, 2.24) is 10.2 Å². The van der Waals surface area contributed by atoms with Gasteiger partial charge in [-0.2, -0.15) is 0 Å². The number of carbonyl (C=O) groups is 1. The monoisotopic (exact) mass is 204 g/mol. The number of nitrogens with one attached hydrogen (secondary N) is 1. The summed E-state index contributed by atoms with van der Waals surface area (Å²) in [6, 6.07) is 10.5. The largest absolute Gasteiger partial charge is 0.335 e. The highest BCUT2D eigenvalue weighted by Gasteiger charge is 2.24. The number of nitrogens with zero attached hydrogens (tertiary/aromatic N) is 1. The Balaban J connectivity index is 1.85. The van der Waals surface area contributed by atoms with Gasteiger partial charge in [0, 0.05) is 19.6 Å². The van der Waals surface area contributed by atoms with Gasteiger partial charge in [-0.3, -0.25) is 0 Å². The van der Waals surface area contributed by atoms with E-state index in [-0.39, 0.29) is 6.03 Å². The van der Waals surface area contributed by atoms with Gasteiger partial charge in [0.2, 0.25) is 0 Å². The van der Waals surface area contributed by atoms with E-state index < -0.39 is 0 Å². The minimum absolute atomic E-state index is 0.0290. The van der Waals surface area contributed by atoms with Crippen LogP contribution in [0.15, 0.2) is 30.3 Å². The average molecular weight is 204 g/mol. The van der Waals surface area contributed by atoms with Gasteiger partial charge in [0.1, 0.15) is 0 Å². The molecule has 0 aromatic heterocycles. The summed E-state index contributed by atoms with van der Waals surface area (Å²) < 4.78 is 0. The van der Waals surface area contributed by atoms with Gasteiger partial charge in [-0.1, -0.05) is 30.3 Å². The molecule has 0 radical (unpaired) electrons. The van der Waals surface area contributed by atoms with Crippen molar-refractivity contribution in [2.75, 3.05) is 7.05 Å². The van der Waals surface area contributed by atoms with Crippen LogP contribution < -0.4 is 5.32 Å². The van der Waals surface area contributed by atoms with Crippen molar-refractivity contribution in [3.63, 3.8) is 0 Å². The summed E-state index contributed by atoms with van der Waals surface area (Å²) in [6.45, 7) is 0.666. The maximum absolute atomic E-state index is 11.6. The van der Waals surface area contributed by atoms with Crippen molar-refractivity contribution in [2.24, 2.45) is 0 Å². The summed E-state index contributed by atoms with van der Waals surface area (Å²) in [5.41, 5.74) is 1.16. The minimum Gasteiger partial charge on any atom is -0.335 e. The molecule has 0 atom stereocenters. The maximum Gasteiger partial charge on any atom is 0.317 e. The van der Waals surface area contributed by atoms with Gasteiger partial charge in [0.15, 0.2) is 0 Å². The van der Waals surface area contributed by atoms with Crippen LogP contribution in [0.25, 0.3) is 0 Å². The lowest BCUT2D eigenvalue weighted by atomic mass is 10.2. The van der Waals surface area contributed by atoms with Gasteiger partial charge in [-0.05, 0) is 18.4 Å². The molecule has 80 valence electrons. The van der Waals surface area contributed by atoms with Crippen molar-refractivity contribution in [3.05, 3.63) is 35.9 Å². The average Bonchev–Trinajstić information content (AvgIpc) is 3.03. The Kier molecular flexibility index (Phi) is 2.90. The zero-order valence-corrected chi connectivity index (χ0v) is 8.94. The van der Waals surface area contributed by atoms with Crippen molar-refractivity contribution >= 4 is 6.03 Å². The molecule has 0 bridgehead atoms. The Morgan fingerprint density at radius 1 is 1.40 bits per heavy atom. The van der Waals surface area contributed by atoms with E-state index in [2.05, 4.69) is 5.32 Å². The number of benzene rings is 1. The third-order valence-electron chi connectivity index (χ3n) is 2.51. The second-order valence-corrected chi connectivity index (χ2v) is 4.07. The van der Waals surface area contributed by atoms with E-state index in [1.165, 1.54) is 0 Å². The van der Waals surface area contributed by atoms with Gasteiger partial charge in [0.05, 0.1) is 0 Å². The molecule has 0 unspecified atom stereocenters. The highest BCUT2D eigenvalue weighted by atomic mass is 16.2. The van der Waals surface area contributed by atoms with Crippen LogP contribution in [0.5, 0.6) is 0 Å². The molecule has 0 saturated heterocycles. The highest BCUT2D eigenvalue weighted by Crippen LogP contribution is 2.18. The molecule has 1 aromatic carbocycles. The molecule has 0 spiro atoms. The SMILES string of the molecule is CN(Cc1ccccc1)C(=O)NC1CC1. The first kappa shape index (κ1) is 10.0. The number of carbonyl (C=O) groups excluding carboxylic acids is 1. The Bertz CT molecular complexity index is 333. The predicted molar refractivity (Wildman–Crippen MR) is 59.5 cm³/mol. The fourth-order valence-corrected chi connectivity index (χ4v) is 1.44. The Morgan fingerprint density at radius 3 is 2.67 bits per heavy atom. The first-order valence-electron chi connectivity index (χ1n) is 5.31. The minimum atomic E-state index is 0.0290. The number of amides is 2. The molecule has 1 aliphatic carbocycles. The van der Waals surface area contributed by atoms with Gasteiger partial charge in [-0.25, -0.2) is 4.79 Å². The van der Waals surface area contributed by atoms with Gasteiger partial charge >= 0.3 is 6.03 Å². The predicted octanol–water partition coefficient (Wildman–Crippen LogP) is 1.99. The maximum atomic E-state index is 11.6. The second kappa shape index (κ2) is 4.34. The molecule has 2 rings (SSSR count). The van der Waals surface area contributed by atoms with E-state index in [1.54, 1.807) is 4.90 Å².